The van der Waals surface area contributed by atoms with E-state index in [4.69, 9.17) is 11.6 Å². The lowest BCUT2D eigenvalue weighted by molar-refractivity contribution is 0.330. The maximum absolute atomic E-state index is 6.26. The third kappa shape index (κ3) is 3.30. The van der Waals surface area contributed by atoms with Gasteiger partial charge in [0.05, 0.1) is 6.20 Å². The first kappa shape index (κ1) is 16.6. The van der Waals surface area contributed by atoms with Crippen molar-refractivity contribution in [3.8, 4) is 0 Å². The second-order valence-corrected chi connectivity index (χ2v) is 7.77. The zero-order chi connectivity index (χ0) is 17.4. The molecule has 2 aliphatic rings. The number of nitrogens with zero attached hydrogens (tertiary/aromatic N) is 4. The molecule has 1 saturated heterocycles. The van der Waals surface area contributed by atoms with Crippen LogP contribution in [-0.4, -0.2) is 46.3 Å². The summed E-state index contributed by atoms with van der Waals surface area (Å²) in [5.41, 5.74) is 1.45. The fraction of sp³-hybridized carbons (Fsp3) is 0.588. The van der Waals surface area contributed by atoms with Crippen LogP contribution in [0, 0.1) is 12.3 Å². The Morgan fingerprint density at radius 2 is 2.28 bits per heavy atom. The first-order valence-corrected chi connectivity index (χ1v) is 9.18. The molecule has 2 aromatic heterocycles. The summed E-state index contributed by atoms with van der Waals surface area (Å²) in [6.45, 7) is 4.24. The van der Waals surface area contributed by atoms with Gasteiger partial charge < -0.3 is 15.5 Å². The van der Waals surface area contributed by atoms with Gasteiger partial charge in [0.1, 0.15) is 5.02 Å². The zero-order valence-electron chi connectivity index (χ0n) is 14.6. The predicted octanol–water partition coefficient (Wildman–Crippen LogP) is 2.87. The Morgan fingerprint density at radius 1 is 1.40 bits per heavy atom. The number of H-pyrrole nitrogens is 1. The molecule has 1 saturated carbocycles. The van der Waals surface area contributed by atoms with Crippen LogP contribution < -0.4 is 15.5 Å². The van der Waals surface area contributed by atoms with Gasteiger partial charge >= 0.3 is 0 Å². The van der Waals surface area contributed by atoms with Crippen molar-refractivity contribution in [1.82, 2.24) is 25.5 Å². The van der Waals surface area contributed by atoms with E-state index in [1.54, 1.807) is 6.20 Å². The molecule has 2 aromatic rings. The summed E-state index contributed by atoms with van der Waals surface area (Å²) in [6.07, 6.45) is 6.60. The second-order valence-electron chi connectivity index (χ2n) is 7.36. The number of halogens is 1. The molecule has 0 amide bonds. The van der Waals surface area contributed by atoms with Gasteiger partial charge in [0.15, 0.2) is 11.6 Å². The molecule has 0 radical (unpaired) electrons. The molecule has 7 nitrogen and oxygen atoms in total. The average molecular weight is 362 g/mol. The molecule has 2 unspecified atom stereocenters. The maximum atomic E-state index is 6.26. The smallest absolute Gasteiger partial charge is 0.227 e. The van der Waals surface area contributed by atoms with Crippen LogP contribution in [0.15, 0.2) is 12.3 Å². The Balaban J connectivity index is 1.51. The lowest BCUT2D eigenvalue weighted by Crippen LogP contribution is -2.33. The molecule has 3 heterocycles. The van der Waals surface area contributed by atoms with Crippen LogP contribution in [0.1, 0.15) is 31.4 Å². The Labute approximate surface area is 152 Å². The first-order valence-electron chi connectivity index (χ1n) is 8.80. The zero-order valence-corrected chi connectivity index (χ0v) is 15.4. The molecule has 4 rings (SSSR count). The van der Waals surface area contributed by atoms with E-state index in [0.29, 0.717) is 34.1 Å². The molecule has 3 N–H and O–H groups in total. The van der Waals surface area contributed by atoms with E-state index in [2.05, 4.69) is 42.7 Å². The van der Waals surface area contributed by atoms with Gasteiger partial charge in [-0.1, -0.05) is 11.6 Å². The number of aromatic nitrogens is 4. The van der Waals surface area contributed by atoms with Crippen molar-refractivity contribution >= 4 is 29.2 Å². The molecule has 2 atom stereocenters. The van der Waals surface area contributed by atoms with Crippen LogP contribution in [0.2, 0.25) is 5.02 Å². The van der Waals surface area contributed by atoms with Gasteiger partial charge in [-0.2, -0.15) is 10.1 Å². The van der Waals surface area contributed by atoms with Crippen molar-refractivity contribution in [2.24, 2.45) is 5.41 Å². The molecule has 1 spiro atoms. The molecule has 1 aliphatic heterocycles. The summed E-state index contributed by atoms with van der Waals surface area (Å²) in [5, 5.41) is 14.2. The number of aromatic amines is 1. The summed E-state index contributed by atoms with van der Waals surface area (Å²) in [5.74, 6) is 1.98. The van der Waals surface area contributed by atoms with E-state index >= 15 is 0 Å². The van der Waals surface area contributed by atoms with Crippen molar-refractivity contribution in [3.05, 3.63) is 23.0 Å². The average Bonchev–Trinajstić information content (AvgIpc) is 3.33. The lowest BCUT2D eigenvalue weighted by Gasteiger charge is -2.27. The minimum absolute atomic E-state index is 0.471. The third-order valence-electron chi connectivity index (χ3n) is 5.56. The van der Waals surface area contributed by atoms with Crippen molar-refractivity contribution in [1.29, 1.82) is 0 Å². The van der Waals surface area contributed by atoms with E-state index in [1.807, 2.05) is 13.0 Å². The summed E-state index contributed by atoms with van der Waals surface area (Å²) in [6, 6.07) is 2.39. The van der Waals surface area contributed by atoms with Crippen LogP contribution in [0.5, 0.6) is 0 Å². The number of anilines is 3. The highest BCUT2D eigenvalue weighted by Crippen LogP contribution is 2.44. The molecule has 8 heteroatoms. The largest absolute Gasteiger partial charge is 0.341 e. The molecular weight excluding hydrogens is 338 g/mol. The Morgan fingerprint density at radius 3 is 3.00 bits per heavy atom. The van der Waals surface area contributed by atoms with Gasteiger partial charge in [-0.05, 0) is 44.6 Å². The Bertz CT molecular complexity index is 753. The molecular formula is C17H24ClN7. The summed E-state index contributed by atoms with van der Waals surface area (Å²) in [4.78, 5) is 11.3. The molecule has 1 aliphatic carbocycles. The molecule has 0 bridgehead atoms. The number of nitrogens with one attached hydrogen (secondary N) is 3. The van der Waals surface area contributed by atoms with Crippen molar-refractivity contribution in [2.75, 3.05) is 30.4 Å². The first-order chi connectivity index (χ1) is 12.0. The van der Waals surface area contributed by atoms with Gasteiger partial charge in [-0.25, -0.2) is 4.98 Å². The van der Waals surface area contributed by atoms with Crippen LogP contribution >= 0.6 is 11.6 Å². The number of aryl methyl sites for hydroxylation is 1. The third-order valence-corrected chi connectivity index (χ3v) is 5.83. The van der Waals surface area contributed by atoms with Gasteiger partial charge in [0.2, 0.25) is 5.95 Å². The van der Waals surface area contributed by atoms with E-state index in [9.17, 15) is 0 Å². The molecule has 134 valence electrons. The highest BCUT2D eigenvalue weighted by Gasteiger charge is 2.42. The highest BCUT2D eigenvalue weighted by molar-refractivity contribution is 6.32. The fourth-order valence-electron chi connectivity index (χ4n) is 4.07. The Hall–Kier alpha value is -1.86. The van der Waals surface area contributed by atoms with Gasteiger partial charge in [-0.3, -0.25) is 5.10 Å². The monoisotopic (exact) mass is 361 g/mol. The van der Waals surface area contributed by atoms with E-state index in [0.717, 1.165) is 18.8 Å². The standard InChI is InChI=1S/C17H24ClN7/c1-11-7-14(24-23-11)21-15-13(18)9-20-16(22-15)25(2)12-3-4-17(8-12)5-6-19-10-17/h7,9,12,19H,3-6,8,10H2,1-2H3,(H2,20,21,22,23,24). The van der Waals surface area contributed by atoms with Crippen LogP contribution in [0.25, 0.3) is 0 Å². The van der Waals surface area contributed by atoms with Crippen molar-refractivity contribution < 1.29 is 0 Å². The second kappa shape index (κ2) is 6.46. The minimum atomic E-state index is 0.471. The molecule has 2 fully saturated rings. The highest BCUT2D eigenvalue weighted by atomic mass is 35.5. The normalized spacial score (nSPS) is 25.6. The Kier molecular flexibility index (Phi) is 4.29. The SMILES string of the molecule is Cc1cc(Nc2nc(N(C)C3CCC4(CCNC4)C3)ncc2Cl)n[nH]1. The van der Waals surface area contributed by atoms with Crippen molar-refractivity contribution in [2.45, 2.75) is 38.6 Å². The van der Waals surface area contributed by atoms with Gasteiger partial charge in [0.25, 0.3) is 0 Å². The summed E-state index contributed by atoms with van der Waals surface area (Å²) < 4.78 is 0. The van der Waals surface area contributed by atoms with E-state index in [1.165, 1.54) is 25.7 Å². The van der Waals surface area contributed by atoms with Crippen LogP contribution in [0.3, 0.4) is 0 Å². The molecule has 0 aromatic carbocycles. The maximum Gasteiger partial charge on any atom is 0.227 e. The fourth-order valence-corrected chi connectivity index (χ4v) is 4.21. The number of hydrogen-bond donors (Lipinski definition) is 3. The van der Waals surface area contributed by atoms with Gasteiger partial charge in [0, 0.05) is 31.4 Å². The quantitative estimate of drug-likeness (QED) is 0.776. The number of rotatable bonds is 4. The van der Waals surface area contributed by atoms with E-state index in [-0.39, 0.29) is 0 Å². The number of hydrogen-bond acceptors (Lipinski definition) is 6. The minimum Gasteiger partial charge on any atom is -0.341 e. The summed E-state index contributed by atoms with van der Waals surface area (Å²) in [7, 11) is 2.08. The predicted molar refractivity (Wildman–Crippen MR) is 99.6 cm³/mol. The summed E-state index contributed by atoms with van der Waals surface area (Å²) >= 11 is 6.26. The van der Waals surface area contributed by atoms with Crippen molar-refractivity contribution in [3.63, 3.8) is 0 Å². The topological polar surface area (TPSA) is 81.8 Å². The van der Waals surface area contributed by atoms with Crippen LogP contribution in [-0.2, 0) is 0 Å². The van der Waals surface area contributed by atoms with Crippen LogP contribution in [0.4, 0.5) is 17.6 Å². The molecule has 25 heavy (non-hydrogen) atoms. The van der Waals surface area contributed by atoms with E-state index < -0.39 is 0 Å². The van der Waals surface area contributed by atoms with Gasteiger partial charge in [-0.15, -0.1) is 0 Å². The lowest BCUT2D eigenvalue weighted by atomic mass is 9.85.